The van der Waals surface area contributed by atoms with E-state index in [1.165, 1.54) is 12.1 Å². The van der Waals surface area contributed by atoms with Crippen molar-refractivity contribution in [1.29, 1.82) is 0 Å². The average molecular weight is 434 g/mol. The molecule has 0 saturated heterocycles. The highest BCUT2D eigenvalue weighted by Crippen LogP contribution is 2.31. The number of hydrogen-bond donors (Lipinski definition) is 1. The molecule has 4 rings (SSSR count). The summed E-state index contributed by atoms with van der Waals surface area (Å²) in [7, 11) is -4.14. The maximum Gasteiger partial charge on any atom is 0.342 e. The van der Waals surface area contributed by atoms with E-state index >= 15 is 0 Å². The monoisotopic (exact) mass is 434 g/mol. The van der Waals surface area contributed by atoms with Crippen molar-refractivity contribution < 1.29 is 13.5 Å². The maximum atomic E-state index is 13.2. The lowest BCUT2D eigenvalue weighted by Crippen LogP contribution is -2.21. The van der Waals surface area contributed by atoms with Crippen LogP contribution in [0.1, 0.15) is 5.56 Å². The summed E-state index contributed by atoms with van der Waals surface area (Å²) in [5, 5.41) is 14.6. The van der Waals surface area contributed by atoms with E-state index < -0.39 is 21.6 Å². The molecule has 9 heteroatoms. The first-order valence-electron chi connectivity index (χ1n) is 9.31. The van der Waals surface area contributed by atoms with Crippen LogP contribution in [0.4, 0.5) is 5.82 Å². The summed E-state index contributed by atoms with van der Waals surface area (Å²) >= 11 is 0. The molecule has 1 N–H and O–H groups in total. The molecule has 0 radical (unpaired) electrons. The van der Waals surface area contributed by atoms with Crippen molar-refractivity contribution in [2.24, 2.45) is 9.63 Å². The third-order valence-corrected chi connectivity index (χ3v) is 5.76. The van der Waals surface area contributed by atoms with Gasteiger partial charge in [-0.25, -0.2) is 13.9 Å². The van der Waals surface area contributed by atoms with E-state index in [-0.39, 0.29) is 10.7 Å². The van der Waals surface area contributed by atoms with Crippen molar-refractivity contribution in [3.63, 3.8) is 0 Å². The van der Waals surface area contributed by atoms with Gasteiger partial charge in [-0.05, 0) is 43.3 Å². The minimum absolute atomic E-state index is 0.0440. The van der Waals surface area contributed by atoms with Gasteiger partial charge in [-0.2, -0.15) is 8.42 Å². The van der Waals surface area contributed by atoms with Gasteiger partial charge in [0.25, 0.3) is 10.0 Å². The molecule has 1 heterocycles. The Hall–Kier alpha value is -3.98. The third-order valence-electron chi connectivity index (χ3n) is 4.60. The minimum Gasteiger partial charge on any atom is -0.491 e. The van der Waals surface area contributed by atoms with Crippen molar-refractivity contribution in [2.75, 3.05) is 0 Å². The molecule has 8 nitrogen and oxygen atoms in total. The van der Waals surface area contributed by atoms with Crippen LogP contribution < -0.4 is 5.69 Å². The lowest BCUT2D eigenvalue weighted by atomic mass is 10.2. The van der Waals surface area contributed by atoms with Crippen molar-refractivity contribution >= 4 is 15.8 Å². The Balaban J connectivity index is 1.90. The second kappa shape index (κ2) is 8.04. The number of imidazole rings is 1. The number of benzene rings is 3. The Morgan fingerprint density at radius 3 is 1.84 bits per heavy atom. The summed E-state index contributed by atoms with van der Waals surface area (Å²) < 4.78 is 30.8. The maximum absolute atomic E-state index is 13.2. The molecule has 0 saturated carbocycles. The molecule has 31 heavy (non-hydrogen) atoms. The molecule has 1 aromatic heterocycles. The van der Waals surface area contributed by atoms with E-state index in [1.807, 2.05) is 6.92 Å². The molecule has 0 spiro atoms. The fourth-order valence-corrected chi connectivity index (χ4v) is 3.80. The highest BCUT2D eigenvalue weighted by molar-refractivity contribution is 7.90. The van der Waals surface area contributed by atoms with E-state index in [0.29, 0.717) is 11.4 Å². The van der Waals surface area contributed by atoms with Gasteiger partial charge in [-0.15, -0.1) is 5.11 Å². The Kier molecular flexibility index (Phi) is 5.26. The first-order valence-corrected chi connectivity index (χ1v) is 10.7. The smallest absolute Gasteiger partial charge is 0.342 e. The van der Waals surface area contributed by atoms with E-state index in [1.54, 1.807) is 72.8 Å². The molecule has 4 aromatic rings. The fraction of sp³-hybridized carbons (Fsp3) is 0.0455. The van der Waals surface area contributed by atoms with E-state index in [4.69, 9.17) is 0 Å². The van der Waals surface area contributed by atoms with Gasteiger partial charge < -0.3 is 5.11 Å². The van der Waals surface area contributed by atoms with E-state index in [9.17, 15) is 18.3 Å². The lowest BCUT2D eigenvalue weighted by Gasteiger charge is -2.02. The van der Waals surface area contributed by atoms with Gasteiger partial charge in [0.15, 0.2) is 0 Å². The Labute approximate surface area is 178 Å². The number of para-hydroxylation sites is 2. The van der Waals surface area contributed by atoms with Crippen molar-refractivity contribution in [3.05, 3.63) is 101 Å². The second-order valence-corrected chi connectivity index (χ2v) is 8.33. The highest BCUT2D eigenvalue weighted by atomic mass is 32.2. The lowest BCUT2D eigenvalue weighted by molar-refractivity contribution is 0.442. The molecule has 0 bridgehead atoms. The molecule has 0 aliphatic carbocycles. The molecule has 0 atom stereocenters. The van der Waals surface area contributed by atoms with Gasteiger partial charge in [0.05, 0.1) is 16.3 Å². The minimum atomic E-state index is -4.14. The number of sulfonamides is 1. The van der Waals surface area contributed by atoms with Gasteiger partial charge in [0.1, 0.15) is 0 Å². The number of aryl methyl sites for hydroxylation is 1. The molecule has 0 unspecified atom stereocenters. The third kappa shape index (κ3) is 3.90. The summed E-state index contributed by atoms with van der Waals surface area (Å²) in [4.78, 5) is 13.1. The van der Waals surface area contributed by atoms with Crippen molar-refractivity contribution in [3.8, 4) is 17.3 Å². The molecular formula is C22H18N4O4S. The Morgan fingerprint density at radius 1 is 0.774 bits per heavy atom. The zero-order chi connectivity index (χ0) is 22.0. The van der Waals surface area contributed by atoms with Crippen LogP contribution in [-0.2, 0) is 10.0 Å². The topological polar surface area (TPSA) is 106 Å². The number of nitrogens with zero attached hydrogens (tertiary/aromatic N) is 4. The Bertz CT molecular complexity index is 1410. The highest BCUT2D eigenvalue weighted by Gasteiger charge is 2.23. The summed E-state index contributed by atoms with van der Waals surface area (Å²) in [6.07, 6.45) is 0. The molecule has 156 valence electrons. The van der Waals surface area contributed by atoms with Gasteiger partial charge in [-0.1, -0.05) is 58.6 Å². The van der Waals surface area contributed by atoms with E-state index in [2.05, 4.69) is 9.63 Å². The molecule has 0 amide bonds. The Morgan fingerprint density at radius 2 is 1.29 bits per heavy atom. The first kappa shape index (κ1) is 20.3. The molecule has 0 fully saturated rings. The molecular weight excluding hydrogens is 416 g/mol. The first-order chi connectivity index (χ1) is 14.9. The van der Waals surface area contributed by atoms with E-state index in [0.717, 1.165) is 14.7 Å². The predicted molar refractivity (Wildman–Crippen MR) is 116 cm³/mol. The summed E-state index contributed by atoms with van der Waals surface area (Å²) in [6.45, 7) is 1.83. The zero-order valence-electron chi connectivity index (χ0n) is 16.5. The number of rotatable bonds is 5. The van der Waals surface area contributed by atoms with Crippen LogP contribution in [0.5, 0.6) is 5.88 Å². The van der Waals surface area contributed by atoms with Crippen LogP contribution in [0.3, 0.4) is 0 Å². The van der Waals surface area contributed by atoms with Crippen LogP contribution in [0.2, 0.25) is 0 Å². The predicted octanol–water partition coefficient (Wildman–Crippen LogP) is 4.11. The summed E-state index contributed by atoms with van der Waals surface area (Å²) in [5.41, 5.74) is 1.08. The van der Waals surface area contributed by atoms with Gasteiger partial charge >= 0.3 is 5.69 Å². The SMILES string of the molecule is Cc1ccc(S(=O)(=O)/N=N/c2c(O)n(-c3ccccc3)c(=O)n2-c2ccccc2)cc1. The number of aromatic hydroxyl groups is 1. The van der Waals surface area contributed by atoms with Crippen LogP contribution in [0, 0.1) is 6.92 Å². The second-order valence-electron chi connectivity index (χ2n) is 6.74. The molecule has 3 aromatic carbocycles. The van der Waals surface area contributed by atoms with Crippen LogP contribution in [-0.4, -0.2) is 22.7 Å². The standard InChI is InChI=1S/C22H18N4O4S/c1-16-12-14-19(15-13-16)31(29,30)24-23-20-21(27)26(18-10-6-3-7-11-18)22(28)25(20)17-8-4-2-5-9-17/h2-15,27H,1H3/b24-23+. The van der Waals surface area contributed by atoms with Crippen molar-refractivity contribution in [2.45, 2.75) is 11.8 Å². The number of hydrogen-bond acceptors (Lipinski definition) is 5. The normalized spacial score (nSPS) is 11.8. The number of aromatic nitrogens is 2. The van der Waals surface area contributed by atoms with Crippen LogP contribution in [0.15, 0.2) is 104 Å². The average Bonchev–Trinajstić information content (AvgIpc) is 3.03. The van der Waals surface area contributed by atoms with Gasteiger partial charge in [0.2, 0.25) is 11.7 Å². The fourth-order valence-electron chi connectivity index (χ4n) is 3.04. The van der Waals surface area contributed by atoms with Gasteiger partial charge in [0, 0.05) is 0 Å². The molecule has 0 aliphatic rings. The quantitative estimate of drug-likeness (QED) is 0.477. The van der Waals surface area contributed by atoms with Crippen molar-refractivity contribution in [1.82, 2.24) is 9.13 Å². The van der Waals surface area contributed by atoms with Gasteiger partial charge in [-0.3, -0.25) is 0 Å². The molecule has 0 aliphatic heterocycles. The summed E-state index contributed by atoms with van der Waals surface area (Å²) in [6, 6.07) is 23.1. The van der Waals surface area contributed by atoms with Crippen LogP contribution in [0.25, 0.3) is 11.4 Å². The summed E-state index contributed by atoms with van der Waals surface area (Å²) in [5.74, 6) is -0.821. The van der Waals surface area contributed by atoms with Crippen LogP contribution >= 0.6 is 0 Å². The largest absolute Gasteiger partial charge is 0.491 e. The zero-order valence-corrected chi connectivity index (χ0v) is 17.3.